The van der Waals surface area contributed by atoms with E-state index in [0.717, 1.165) is 16.8 Å². The lowest BCUT2D eigenvalue weighted by Gasteiger charge is -2.20. The molecule has 2 aromatic rings. The van der Waals surface area contributed by atoms with Crippen LogP contribution in [0.2, 0.25) is 0 Å². The monoisotopic (exact) mass is 284 g/mol. The number of aromatic nitrogens is 1. The number of pyridine rings is 1. The summed E-state index contributed by atoms with van der Waals surface area (Å²) < 4.78 is 5.26. The Kier molecular flexibility index (Phi) is 3.48. The van der Waals surface area contributed by atoms with Crippen LogP contribution in [-0.2, 0) is 11.3 Å². The van der Waals surface area contributed by atoms with Crippen LogP contribution in [0, 0.1) is 0 Å². The maximum atomic E-state index is 11.4. The van der Waals surface area contributed by atoms with E-state index >= 15 is 0 Å². The number of ether oxygens (including phenoxy) is 1. The molecular formula is C16H16N2O3. The molecule has 1 aromatic carbocycles. The van der Waals surface area contributed by atoms with E-state index in [2.05, 4.69) is 9.88 Å². The van der Waals surface area contributed by atoms with Crippen molar-refractivity contribution in [2.75, 3.05) is 18.6 Å². The minimum atomic E-state index is -0.789. The van der Waals surface area contributed by atoms with Gasteiger partial charge >= 0.3 is 5.97 Å². The normalized spacial score (nSPS) is 16.6. The Hall–Kier alpha value is -2.56. The van der Waals surface area contributed by atoms with E-state index < -0.39 is 11.9 Å². The van der Waals surface area contributed by atoms with Gasteiger partial charge in [-0.15, -0.1) is 0 Å². The highest BCUT2D eigenvalue weighted by molar-refractivity contribution is 5.83. The second-order valence-corrected chi connectivity index (χ2v) is 5.00. The third kappa shape index (κ3) is 2.42. The molecule has 1 aliphatic rings. The molecule has 3 rings (SSSR count). The molecule has 0 amide bonds. The summed E-state index contributed by atoms with van der Waals surface area (Å²) in [5.74, 6) is -0.694. The zero-order valence-electron chi connectivity index (χ0n) is 11.7. The molecule has 108 valence electrons. The molecule has 5 nitrogen and oxygen atoms in total. The zero-order chi connectivity index (χ0) is 14.8. The van der Waals surface area contributed by atoms with Crippen molar-refractivity contribution >= 4 is 11.7 Å². The van der Waals surface area contributed by atoms with Crippen LogP contribution in [-0.4, -0.2) is 29.7 Å². The van der Waals surface area contributed by atoms with Crippen molar-refractivity contribution in [2.45, 2.75) is 12.5 Å². The van der Waals surface area contributed by atoms with Gasteiger partial charge in [0.05, 0.1) is 7.11 Å². The first-order chi connectivity index (χ1) is 10.2. The molecular weight excluding hydrogens is 268 g/mol. The average molecular weight is 284 g/mol. The second kappa shape index (κ2) is 5.44. The second-order valence-electron chi connectivity index (χ2n) is 5.00. The van der Waals surface area contributed by atoms with Gasteiger partial charge in [-0.1, -0.05) is 24.3 Å². The van der Waals surface area contributed by atoms with Crippen LogP contribution in [0.1, 0.15) is 17.0 Å². The fourth-order valence-electron chi connectivity index (χ4n) is 2.78. The Balaban J connectivity index is 1.92. The number of carboxylic acid groups (broad SMARTS) is 1. The van der Waals surface area contributed by atoms with E-state index in [1.165, 1.54) is 0 Å². The Morgan fingerprint density at radius 1 is 1.38 bits per heavy atom. The lowest BCUT2D eigenvalue weighted by atomic mass is 10.0. The largest absolute Gasteiger partial charge is 0.481 e. The smallest absolute Gasteiger partial charge is 0.312 e. The predicted octanol–water partition coefficient (Wildman–Crippen LogP) is 2.28. The Labute approximate surface area is 122 Å². The molecule has 1 aliphatic heterocycles. The summed E-state index contributed by atoms with van der Waals surface area (Å²) in [4.78, 5) is 17.7. The number of rotatable bonds is 4. The molecule has 1 atom stereocenters. The van der Waals surface area contributed by atoms with Crippen LogP contribution in [0.5, 0.6) is 5.88 Å². The quantitative estimate of drug-likeness (QED) is 0.933. The molecule has 0 saturated carbocycles. The lowest BCUT2D eigenvalue weighted by Crippen LogP contribution is -2.24. The molecule has 1 aromatic heterocycles. The molecule has 2 heterocycles. The van der Waals surface area contributed by atoms with E-state index in [-0.39, 0.29) is 0 Å². The molecule has 0 bridgehead atoms. The first kappa shape index (κ1) is 13.4. The van der Waals surface area contributed by atoms with E-state index in [0.29, 0.717) is 19.0 Å². The minimum Gasteiger partial charge on any atom is -0.481 e. The summed E-state index contributed by atoms with van der Waals surface area (Å²) in [7, 11) is 1.59. The minimum absolute atomic E-state index is 0.465. The first-order valence-corrected chi connectivity index (χ1v) is 6.75. The highest BCUT2D eigenvalue weighted by atomic mass is 16.5. The molecule has 0 radical (unpaired) electrons. The highest BCUT2D eigenvalue weighted by Gasteiger charge is 2.33. The number of hydrogen-bond acceptors (Lipinski definition) is 4. The average Bonchev–Trinajstić information content (AvgIpc) is 2.87. The fourth-order valence-corrected chi connectivity index (χ4v) is 2.78. The Morgan fingerprint density at radius 2 is 2.19 bits per heavy atom. The van der Waals surface area contributed by atoms with Gasteiger partial charge in [-0.3, -0.25) is 4.79 Å². The summed E-state index contributed by atoms with van der Waals surface area (Å²) in [5, 5.41) is 9.38. The zero-order valence-corrected chi connectivity index (χ0v) is 11.7. The fraction of sp³-hybridized carbons (Fsp3) is 0.250. The van der Waals surface area contributed by atoms with Gasteiger partial charge in [0.15, 0.2) is 0 Å². The van der Waals surface area contributed by atoms with E-state index in [4.69, 9.17) is 4.74 Å². The van der Waals surface area contributed by atoms with Crippen LogP contribution in [0.4, 0.5) is 5.69 Å². The number of benzene rings is 1. The van der Waals surface area contributed by atoms with E-state index in [1.807, 2.05) is 36.4 Å². The predicted molar refractivity (Wildman–Crippen MR) is 78.7 cm³/mol. The van der Waals surface area contributed by atoms with Crippen LogP contribution in [0.25, 0.3) is 0 Å². The van der Waals surface area contributed by atoms with Crippen LogP contribution >= 0.6 is 0 Å². The summed E-state index contributed by atoms with van der Waals surface area (Å²) in [5.41, 5.74) is 2.78. The molecule has 1 N–H and O–H groups in total. The SMILES string of the molecule is COc1ncccc1CN1CC(C(=O)O)c2ccccc21. The third-order valence-electron chi connectivity index (χ3n) is 3.76. The Morgan fingerprint density at radius 3 is 2.95 bits per heavy atom. The molecule has 0 aliphatic carbocycles. The molecule has 0 fully saturated rings. The summed E-state index contributed by atoms with van der Waals surface area (Å²) >= 11 is 0. The van der Waals surface area contributed by atoms with Crippen molar-refractivity contribution in [3.63, 3.8) is 0 Å². The van der Waals surface area contributed by atoms with E-state index in [1.54, 1.807) is 13.3 Å². The van der Waals surface area contributed by atoms with Crippen LogP contribution < -0.4 is 9.64 Å². The number of para-hydroxylation sites is 1. The van der Waals surface area contributed by atoms with E-state index in [9.17, 15) is 9.90 Å². The van der Waals surface area contributed by atoms with Gasteiger partial charge in [0, 0.05) is 30.5 Å². The van der Waals surface area contributed by atoms with Crippen molar-refractivity contribution in [3.05, 3.63) is 53.7 Å². The van der Waals surface area contributed by atoms with Crippen molar-refractivity contribution in [1.29, 1.82) is 0 Å². The number of carbonyl (C=O) groups is 1. The van der Waals surface area contributed by atoms with Crippen molar-refractivity contribution < 1.29 is 14.6 Å². The number of nitrogens with zero attached hydrogens (tertiary/aromatic N) is 2. The molecule has 1 unspecified atom stereocenters. The maximum Gasteiger partial charge on any atom is 0.312 e. The molecule has 0 saturated heterocycles. The van der Waals surface area contributed by atoms with Gasteiger partial charge < -0.3 is 14.7 Å². The van der Waals surface area contributed by atoms with Gasteiger partial charge in [0.2, 0.25) is 5.88 Å². The first-order valence-electron chi connectivity index (χ1n) is 6.75. The third-order valence-corrected chi connectivity index (χ3v) is 3.76. The standard InChI is InChI=1S/C16H16N2O3/c1-21-15-11(5-4-8-17-15)9-18-10-13(16(19)20)12-6-2-3-7-14(12)18/h2-8,13H,9-10H2,1H3,(H,19,20). The molecule has 0 spiro atoms. The maximum absolute atomic E-state index is 11.4. The number of aliphatic carboxylic acids is 1. The molecule has 5 heteroatoms. The Bertz CT molecular complexity index is 672. The van der Waals surface area contributed by atoms with Gasteiger partial charge in [-0.25, -0.2) is 4.98 Å². The van der Waals surface area contributed by atoms with Crippen LogP contribution in [0.15, 0.2) is 42.6 Å². The van der Waals surface area contributed by atoms with Gasteiger partial charge in [-0.2, -0.15) is 0 Å². The molecule has 21 heavy (non-hydrogen) atoms. The number of fused-ring (bicyclic) bond motifs is 1. The van der Waals surface area contributed by atoms with Gasteiger partial charge in [0.25, 0.3) is 0 Å². The highest BCUT2D eigenvalue weighted by Crippen LogP contribution is 2.37. The summed E-state index contributed by atoms with van der Waals surface area (Å²) in [6.07, 6.45) is 1.68. The van der Waals surface area contributed by atoms with Gasteiger partial charge in [0.1, 0.15) is 5.92 Å². The number of carboxylic acids is 1. The van der Waals surface area contributed by atoms with Crippen molar-refractivity contribution in [1.82, 2.24) is 4.98 Å². The summed E-state index contributed by atoms with van der Waals surface area (Å²) in [6.45, 7) is 1.05. The van der Waals surface area contributed by atoms with Crippen LogP contribution in [0.3, 0.4) is 0 Å². The van der Waals surface area contributed by atoms with Gasteiger partial charge in [-0.05, 0) is 17.7 Å². The lowest BCUT2D eigenvalue weighted by molar-refractivity contribution is -0.138. The number of hydrogen-bond donors (Lipinski definition) is 1. The number of methoxy groups -OCH3 is 1. The number of anilines is 1. The summed E-state index contributed by atoms with van der Waals surface area (Å²) in [6, 6.07) is 11.5. The topological polar surface area (TPSA) is 62.7 Å². The van der Waals surface area contributed by atoms with Crippen molar-refractivity contribution in [2.24, 2.45) is 0 Å². The van der Waals surface area contributed by atoms with Crippen molar-refractivity contribution in [3.8, 4) is 5.88 Å².